The van der Waals surface area contributed by atoms with E-state index in [2.05, 4.69) is 20.0 Å². The predicted octanol–water partition coefficient (Wildman–Crippen LogP) is 1.24. The molecule has 0 atom stereocenters. The van der Waals surface area contributed by atoms with Crippen LogP contribution < -0.4 is 10.6 Å². The van der Waals surface area contributed by atoms with E-state index in [0.29, 0.717) is 17.8 Å². The topological polar surface area (TPSA) is 72.9 Å². The van der Waals surface area contributed by atoms with E-state index in [0.717, 1.165) is 25.9 Å². The first-order valence-corrected chi connectivity index (χ1v) is 6.25. The monoisotopic (exact) mass is 262 g/mol. The predicted molar refractivity (Wildman–Crippen MR) is 69.1 cm³/mol. The Morgan fingerprint density at radius 3 is 2.47 bits per heavy atom. The first-order chi connectivity index (χ1) is 9.22. The van der Waals surface area contributed by atoms with Crippen molar-refractivity contribution in [2.75, 3.05) is 23.7 Å². The zero-order valence-corrected chi connectivity index (χ0v) is 10.4. The summed E-state index contributed by atoms with van der Waals surface area (Å²) < 4.78 is 14.7. The van der Waals surface area contributed by atoms with Crippen LogP contribution in [0.5, 0.6) is 0 Å². The van der Waals surface area contributed by atoms with Crippen molar-refractivity contribution in [3.05, 3.63) is 30.5 Å². The Balaban J connectivity index is 1.64. The minimum atomic E-state index is -0.411. The van der Waals surface area contributed by atoms with Gasteiger partial charge in [-0.2, -0.15) is 5.10 Å². The number of anilines is 2. The Hall–Kier alpha value is -2.18. The van der Waals surface area contributed by atoms with Gasteiger partial charge in [-0.05, 0) is 18.9 Å². The van der Waals surface area contributed by atoms with Crippen LogP contribution in [0.2, 0.25) is 0 Å². The molecule has 19 heavy (non-hydrogen) atoms. The number of piperidine rings is 1. The molecule has 1 aliphatic heterocycles. The Bertz CT molecular complexity index is 544. The molecule has 1 aliphatic rings. The lowest BCUT2D eigenvalue weighted by Gasteiger charge is -2.31. The zero-order valence-electron chi connectivity index (χ0n) is 10.4. The van der Waals surface area contributed by atoms with Gasteiger partial charge in [0.1, 0.15) is 5.82 Å². The zero-order chi connectivity index (χ0) is 13.2. The molecule has 2 aromatic rings. The highest BCUT2D eigenvalue weighted by molar-refractivity contribution is 5.29. The third-order valence-electron chi connectivity index (χ3n) is 3.36. The van der Waals surface area contributed by atoms with E-state index >= 15 is 0 Å². The molecule has 0 unspecified atom stereocenters. The number of aromatic nitrogens is 4. The normalized spacial score (nSPS) is 16.8. The van der Waals surface area contributed by atoms with Gasteiger partial charge < -0.3 is 10.6 Å². The van der Waals surface area contributed by atoms with Crippen molar-refractivity contribution in [3.63, 3.8) is 0 Å². The molecule has 0 amide bonds. The molecule has 2 aromatic heterocycles. The summed E-state index contributed by atoms with van der Waals surface area (Å²) in [6.45, 7) is 1.66. The Morgan fingerprint density at radius 2 is 1.89 bits per heavy atom. The number of rotatable bonds is 2. The van der Waals surface area contributed by atoms with Crippen molar-refractivity contribution < 1.29 is 4.39 Å². The van der Waals surface area contributed by atoms with E-state index in [1.54, 1.807) is 6.07 Å². The summed E-state index contributed by atoms with van der Waals surface area (Å²) >= 11 is 0. The van der Waals surface area contributed by atoms with Crippen LogP contribution in [0.15, 0.2) is 24.7 Å². The highest BCUT2D eigenvalue weighted by atomic mass is 19.1. The van der Waals surface area contributed by atoms with Crippen LogP contribution in [0.25, 0.3) is 0 Å². The second kappa shape index (κ2) is 4.83. The molecular formula is C12H15FN6. The van der Waals surface area contributed by atoms with Crippen LogP contribution in [0.4, 0.5) is 16.2 Å². The fraction of sp³-hybridized carbons (Fsp3) is 0.417. The lowest BCUT2D eigenvalue weighted by atomic mass is 10.1. The lowest BCUT2D eigenvalue weighted by molar-refractivity contribution is 0.365. The smallest absolute Gasteiger partial charge is 0.225 e. The maximum absolute atomic E-state index is 12.8. The molecule has 3 rings (SSSR count). The first-order valence-electron chi connectivity index (χ1n) is 6.25. The van der Waals surface area contributed by atoms with Gasteiger partial charge in [0.25, 0.3) is 0 Å². The van der Waals surface area contributed by atoms with Gasteiger partial charge in [0.05, 0.1) is 18.4 Å². The van der Waals surface area contributed by atoms with Gasteiger partial charge in [0.15, 0.2) is 5.82 Å². The van der Waals surface area contributed by atoms with Crippen molar-refractivity contribution in [1.82, 2.24) is 19.7 Å². The summed E-state index contributed by atoms with van der Waals surface area (Å²) in [5.74, 6) is 0.717. The van der Waals surface area contributed by atoms with Crippen LogP contribution in [0.3, 0.4) is 0 Å². The second-order valence-electron chi connectivity index (χ2n) is 4.64. The molecule has 0 spiro atoms. The molecule has 1 fully saturated rings. The van der Waals surface area contributed by atoms with Gasteiger partial charge >= 0.3 is 0 Å². The fourth-order valence-electron chi connectivity index (χ4n) is 2.36. The van der Waals surface area contributed by atoms with E-state index in [4.69, 9.17) is 5.73 Å². The fourth-order valence-corrected chi connectivity index (χ4v) is 2.36. The summed E-state index contributed by atoms with van der Waals surface area (Å²) in [4.78, 5) is 10.1. The van der Waals surface area contributed by atoms with Crippen molar-refractivity contribution in [3.8, 4) is 0 Å². The van der Waals surface area contributed by atoms with Crippen molar-refractivity contribution >= 4 is 11.8 Å². The summed E-state index contributed by atoms with van der Waals surface area (Å²) in [5, 5.41) is 4.24. The van der Waals surface area contributed by atoms with Gasteiger partial charge in [-0.3, -0.25) is 4.68 Å². The molecular weight excluding hydrogens is 247 g/mol. The lowest BCUT2D eigenvalue weighted by Crippen LogP contribution is -2.35. The van der Waals surface area contributed by atoms with Crippen molar-refractivity contribution in [1.29, 1.82) is 0 Å². The number of hydrogen-bond acceptors (Lipinski definition) is 5. The van der Waals surface area contributed by atoms with Gasteiger partial charge in [-0.15, -0.1) is 0 Å². The maximum atomic E-state index is 12.8. The summed E-state index contributed by atoms with van der Waals surface area (Å²) in [5.41, 5.74) is 5.62. The maximum Gasteiger partial charge on any atom is 0.225 e. The van der Waals surface area contributed by atoms with Gasteiger partial charge in [0.2, 0.25) is 5.95 Å². The number of nitrogen functional groups attached to an aromatic ring is 1. The van der Waals surface area contributed by atoms with Crippen LogP contribution >= 0.6 is 0 Å². The molecule has 7 heteroatoms. The minimum absolute atomic E-state index is 0.356. The highest BCUT2D eigenvalue weighted by Gasteiger charge is 2.22. The minimum Gasteiger partial charge on any atom is -0.382 e. The standard InChI is InChI=1S/C12H15FN6/c13-9-7-15-12(16-8-9)18-4-1-10(2-5-18)19-6-3-11(14)17-19/h3,6-8,10H,1-2,4-5H2,(H2,14,17). The van der Waals surface area contributed by atoms with Gasteiger partial charge in [0, 0.05) is 19.3 Å². The van der Waals surface area contributed by atoms with Crippen LogP contribution in [0.1, 0.15) is 18.9 Å². The van der Waals surface area contributed by atoms with Crippen LogP contribution in [-0.4, -0.2) is 32.8 Å². The molecule has 2 N–H and O–H groups in total. The Labute approximate surface area is 110 Å². The molecule has 1 saturated heterocycles. The van der Waals surface area contributed by atoms with Crippen LogP contribution in [-0.2, 0) is 0 Å². The average Bonchev–Trinajstić information content (AvgIpc) is 2.87. The van der Waals surface area contributed by atoms with E-state index in [1.807, 2.05) is 10.9 Å². The van der Waals surface area contributed by atoms with E-state index < -0.39 is 5.82 Å². The van der Waals surface area contributed by atoms with E-state index in [1.165, 1.54) is 12.4 Å². The Kier molecular flexibility index (Phi) is 3.02. The molecule has 100 valence electrons. The quantitative estimate of drug-likeness (QED) is 0.881. The molecule has 0 radical (unpaired) electrons. The summed E-state index contributed by atoms with van der Waals surface area (Å²) in [7, 11) is 0. The third kappa shape index (κ3) is 2.49. The second-order valence-corrected chi connectivity index (χ2v) is 4.64. The summed E-state index contributed by atoms with van der Waals surface area (Å²) in [6, 6.07) is 2.16. The summed E-state index contributed by atoms with van der Waals surface area (Å²) in [6.07, 6.45) is 6.19. The van der Waals surface area contributed by atoms with Gasteiger partial charge in [-0.1, -0.05) is 0 Å². The number of halogens is 1. The number of nitrogens with two attached hydrogens (primary N) is 1. The van der Waals surface area contributed by atoms with Crippen LogP contribution in [0, 0.1) is 5.82 Å². The molecule has 6 nitrogen and oxygen atoms in total. The molecule has 0 aromatic carbocycles. The first kappa shape index (κ1) is 11.9. The number of nitrogens with zero attached hydrogens (tertiary/aromatic N) is 5. The SMILES string of the molecule is Nc1ccn(C2CCN(c3ncc(F)cn3)CC2)n1. The average molecular weight is 262 g/mol. The molecule has 0 bridgehead atoms. The highest BCUT2D eigenvalue weighted by Crippen LogP contribution is 2.24. The molecule has 0 aliphatic carbocycles. The van der Waals surface area contributed by atoms with E-state index in [9.17, 15) is 4.39 Å². The van der Waals surface area contributed by atoms with E-state index in [-0.39, 0.29) is 0 Å². The third-order valence-corrected chi connectivity index (χ3v) is 3.36. The largest absolute Gasteiger partial charge is 0.382 e. The van der Waals surface area contributed by atoms with Crippen molar-refractivity contribution in [2.24, 2.45) is 0 Å². The number of hydrogen-bond donors (Lipinski definition) is 1. The molecule has 0 saturated carbocycles. The van der Waals surface area contributed by atoms with Crippen molar-refractivity contribution in [2.45, 2.75) is 18.9 Å². The Morgan fingerprint density at radius 1 is 1.21 bits per heavy atom. The molecule has 3 heterocycles. The van der Waals surface area contributed by atoms with Gasteiger partial charge in [-0.25, -0.2) is 14.4 Å².